The van der Waals surface area contributed by atoms with Crippen molar-refractivity contribution in [2.75, 3.05) is 6.54 Å². The van der Waals surface area contributed by atoms with Gasteiger partial charge in [0.2, 0.25) is 5.91 Å². The Balaban J connectivity index is 2.29. The largest absolute Gasteiger partial charge is 0.353 e. The minimum atomic E-state index is 0.245. The molecule has 1 aliphatic carbocycles. The van der Waals surface area contributed by atoms with E-state index in [1.807, 2.05) is 0 Å². The maximum Gasteiger partial charge on any atom is 0.220 e. The van der Waals surface area contributed by atoms with Crippen molar-refractivity contribution in [3.05, 3.63) is 0 Å². The molecule has 0 saturated heterocycles. The van der Waals surface area contributed by atoms with Gasteiger partial charge in [0.15, 0.2) is 0 Å². The first-order chi connectivity index (χ1) is 9.17. The summed E-state index contributed by atoms with van der Waals surface area (Å²) in [6, 6.07) is 0.407. The second kappa shape index (κ2) is 9.35. The van der Waals surface area contributed by atoms with Crippen molar-refractivity contribution in [1.29, 1.82) is 0 Å². The fourth-order valence-electron chi connectivity index (χ4n) is 3.11. The van der Waals surface area contributed by atoms with Crippen LogP contribution in [0.15, 0.2) is 0 Å². The van der Waals surface area contributed by atoms with Crippen molar-refractivity contribution in [3.8, 4) is 0 Å². The third-order valence-corrected chi connectivity index (χ3v) is 4.64. The molecule has 0 aliphatic heterocycles. The van der Waals surface area contributed by atoms with Crippen LogP contribution in [0.4, 0.5) is 0 Å². The van der Waals surface area contributed by atoms with Gasteiger partial charge in [-0.1, -0.05) is 39.5 Å². The van der Waals surface area contributed by atoms with Gasteiger partial charge >= 0.3 is 0 Å². The lowest BCUT2D eigenvalue weighted by molar-refractivity contribution is -0.122. The molecule has 0 aromatic heterocycles. The molecule has 1 aliphatic rings. The zero-order valence-corrected chi connectivity index (χ0v) is 12.8. The van der Waals surface area contributed by atoms with Crippen LogP contribution in [0.3, 0.4) is 0 Å². The van der Waals surface area contributed by atoms with Crippen molar-refractivity contribution in [2.45, 2.75) is 77.7 Å². The Kier molecular flexibility index (Phi) is 8.11. The monoisotopic (exact) mass is 268 g/mol. The predicted molar refractivity (Wildman–Crippen MR) is 80.9 cm³/mol. The Morgan fingerprint density at radius 2 is 2.00 bits per heavy atom. The van der Waals surface area contributed by atoms with Crippen LogP contribution in [0.1, 0.15) is 71.6 Å². The lowest BCUT2D eigenvalue weighted by Gasteiger charge is -2.23. The molecule has 19 heavy (non-hydrogen) atoms. The van der Waals surface area contributed by atoms with E-state index in [4.69, 9.17) is 5.73 Å². The normalized spacial score (nSPS) is 25.6. The molecule has 3 N–H and O–H groups in total. The first-order valence-electron chi connectivity index (χ1n) is 8.16. The third-order valence-electron chi connectivity index (χ3n) is 4.64. The van der Waals surface area contributed by atoms with Crippen LogP contribution in [0, 0.1) is 11.8 Å². The molecule has 112 valence electrons. The maximum absolute atomic E-state index is 12.1. The van der Waals surface area contributed by atoms with Crippen molar-refractivity contribution in [2.24, 2.45) is 17.6 Å². The second-order valence-corrected chi connectivity index (χ2v) is 6.18. The van der Waals surface area contributed by atoms with Gasteiger partial charge in [0.25, 0.3) is 0 Å². The number of amides is 1. The highest BCUT2D eigenvalue weighted by Gasteiger charge is 2.21. The van der Waals surface area contributed by atoms with Gasteiger partial charge in [0.1, 0.15) is 0 Å². The molecule has 3 atom stereocenters. The quantitative estimate of drug-likeness (QED) is 0.697. The number of rotatable bonds is 7. The van der Waals surface area contributed by atoms with E-state index >= 15 is 0 Å². The maximum atomic E-state index is 12.1. The molecule has 0 radical (unpaired) electrons. The summed E-state index contributed by atoms with van der Waals surface area (Å²) >= 11 is 0. The number of nitrogens with two attached hydrogens (primary N) is 1. The zero-order chi connectivity index (χ0) is 14.1. The molecule has 3 heteroatoms. The van der Waals surface area contributed by atoms with Gasteiger partial charge in [-0.15, -0.1) is 0 Å². The minimum Gasteiger partial charge on any atom is -0.353 e. The van der Waals surface area contributed by atoms with Crippen LogP contribution in [-0.4, -0.2) is 18.5 Å². The van der Waals surface area contributed by atoms with Crippen molar-refractivity contribution in [1.82, 2.24) is 5.32 Å². The molecule has 1 fully saturated rings. The Bertz CT molecular complexity index is 255. The lowest BCUT2D eigenvalue weighted by Crippen LogP contribution is -2.38. The minimum absolute atomic E-state index is 0.245. The van der Waals surface area contributed by atoms with Crippen LogP contribution in [-0.2, 0) is 4.79 Å². The summed E-state index contributed by atoms with van der Waals surface area (Å²) in [7, 11) is 0. The Labute approximate surface area is 118 Å². The van der Waals surface area contributed by atoms with Crippen LogP contribution in [0.2, 0.25) is 0 Å². The molecule has 0 heterocycles. The van der Waals surface area contributed by atoms with Crippen LogP contribution >= 0.6 is 0 Å². The number of hydrogen-bond acceptors (Lipinski definition) is 2. The van der Waals surface area contributed by atoms with Gasteiger partial charge in [0.05, 0.1) is 0 Å². The topological polar surface area (TPSA) is 55.1 Å². The lowest BCUT2D eigenvalue weighted by atomic mass is 9.95. The molecule has 0 aromatic carbocycles. The first kappa shape index (κ1) is 16.5. The molecule has 1 amide bonds. The summed E-state index contributed by atoms with van der Waals surface area (Å²) in [5.41, 5.74) is 5.60. The van der Waals surface area contributed by atoms with E-state index in [1.165, 1.54) is 25.7 Å². The molecule has 3 nitrogen and oxygen atoms in total. The van der Waals surface area contributed by atoms with E-state index in [-0.39, 0.29) is 5.91 Å². The van der Waals surface area contributed by atoms with Crippen molar-refractivity contribution < 1.29 is 4.79 Å². The highest BCUT2D eigenvalue weighted by atomic mass is 16.1. The molecule has 1 saturated carbocycles. The van der Waals surface area contributed by atoms with Gasteiger partial charge in [-0.05, 0) is 44.1 Å². The molecular weight excluding hydrogens is 236 g/mol. The third kappa shape index (κ3) is 6.42. The second-order valence-electron chi connectivity index (χ2n) is 6.18. The SMILES string of the molecule is CCC(CCN)CCC(=O)NC1CCCCCC1C. The number of hydrogen-bond donors (Lipinski definition) is 2. The number of nitrogens with one attached hydrogen (secondary N) is 1. The summed E-state index contributed by atoms with van der Waals surface area (Å²) in [4.78, 5) is 12.1. The first-order valence-corrected chi connectivity index (χ1v) is 8.16. The van der Waals surface area contributed by atoms with Gasteiger partial charge in [0, 0.05) is 12.5 Å². The molecule has 1 rings (SSSR count). The van der Waals surface area contributed by atoms with E-state index in [9.17, 15) is 4.79 Å². The van der Waals surface area contributed by atoms with Gasteiger partial charge in [-0.25, -0.2) is 0 Å². The summed E-state index contributed by atoms with van der Waals surface area (Å²) in [5, 5.41) is 3.26. The van der Waals surface area contributed by atoms with E-state index in [1.54, 1.807) is 0 Å². The van der Waals surface area contributed by atoms with E-state index in [0.29, 0.717) is 24.3 Å². The fraction of sp³-hybridized carbons (Fsp3) is 0.938. The van der Waals surface area contributed by atoms with Crippen LogP contribution < -0.4 is 11.1 Å². The van der Waals surface area contributed by atoms with Crippen LogP contribution in [0.25, 0.3) is 0 Å². The Hall–Kier alpha value is -0.570. The molecule has 0 bridgehead atoms. The average molecular weight is 268 g/mol. The molecular formula is C16H32N2O. The van der Waals surface area contributed by atoms with Gasteiger partial charge in [-0.2, -0.15) is 0 Å². The number of carbonyl (C=O) groups is 1. The average Bonchev–Trinajstić information content (AvgIpc) is 2.60. The Morgan fingerprint density at radius 3 is 2.68 bits per heavy atom. The fourth-order valence-corrected chi connectivity index (χ4v) is 3.11. The highest BCUT2D eigenvalue weighted by molar-refractivity contribution is 5.76. The molecule has 0 spiro atoms. The predicted octanol–water partition coefficient (Wildman–Crippen LogP) is 3.23. The summed E-state index contributed by atoms with van der Waals surface area (Å²) in [6.07, 6.45) is 10.2. The van der Waals surface area contributed by atoms with E-state index in [2.05, 4.69) is 19.2 Å². The van der Waals surface area contributed by atoms with Crippen molar-refractivity contribution >= 4 is 5.91 Å². The standard InChI is InChI=1S/C16H32N2O/c1-3-14(11-12-17)9-10-16(19)18-15-8-6-4-5-7-13(15)2/h13-15H,3-12,17H2,1-2H3,(H,18,19). The van der Waals surface area contributed by atoms with Crippen LogP contribution in [0.5, 0.6) is 0 Å². The van der Waals surface area contributed by atoms with Gasteiger partial charge < -0.3 is 11.1 Å². The number of carbonyl (C=O) groups excluding carboxylic acids is 1. The van der Waals surface area contributed by atoms with E-state index in [0.717, 1.165) is 32.2 Å². The highest BCUT2D eigenvalue weighted by Crippen LogP contribution is 2.23. The van der Waals surface area contributed by atoms with E-state index < -0.39 is 0 Å². The zero-order valence-electron chi connectivity index (χ0n) is 12.8. The van der Waals surface area contributed by atoms with Crippen molar-refractivity contribution in [3.63, 3.8) is 0 Å². The molecule has 0 aromatic rings. The summed E-state index contributed by atoms with van der Waals surface area (Å²) in [5.74, 6) is 1.49. The summed E-state index contributed by atoms with van der Waals surface area (Å²) < 4.78 is 0. The smallest absolute Gasteiger partial charge is 0.220 e. The molecule has 3 unspecified atom stereocenters. The Morgan fingerprint density at radius 1 is 1.26 bits per heavy atom. The van der Waals surface area contributed by atoms with Gasteiger partial charge in [-0.3, -0.25) is 4.79 Å². The summed E-state index contributed by atoms with van der Waals surface area (Å²) in [6.45, 7) is 5.20.